The highest BCUT2D eigenvalue weighted by Gasteiger charge is 2.25. The Labute approximate surface area is 208 Å². The average molecular weight is 527 g/mol. The van der Waals surface area contributed by atoms with Crippen LogP contribution in [0.5, 0.6) is 0 Å². The Morgan fingerprint density at radius 3 is 2.47 bits per heavy atom. The molecule has 1 heterocycles. The molecule has 1 unspecified atom stereocenters. The van der Waals surface area contributed by atoms with E-state index in [0.29, 0.717) is 26.2 Å². The average Bonchev–Trinajstić information content (AvgIpc) is 3.21. The Morgan fingerprint density at radius 1 is 1.09 bits per heavy atom. The van der Waals surface area contributed by atoms with Crippen LogP contribution < -0.4 is 5.32 Å². The van der Waals surface area contributed by atoms with Crippen LogP contribution in [0.4, 0.5) is 4.79 Å². The van der Waals surface area contributed by atoms with Crippen molar-refractivity contribution in [2.75, 3.05) is 0 Å². The van der Waals surface area contributed by atoms with Crippen LogP contribution in [0.25, 0.3) is 0 Å². The fourth-order valence-corrected chi connectivity index (χ4v) is 3.65. The van der Waals surface area contributed by atoms with Gasteiger partial charge in [0, 0.05) is 21.5 Å². The van der Waals surface area contributed by atoms with Crippen LogP contribution in [0.2, 0.25) is 15.1 Å². The van der Waals surface area contributed by atoms with Crippen molar-refractivity contribution in [1.82, 2.24) is 25.5 Å². The summed E-state index contributed by atoms with van der Waals surface area (Å²) in [7, 11) is 0. The molecule has 2 N–H and O–H groups in total. The maximum Gasteiger partial charge on any atom is 0.408 e. The number of halogens is 3. The molecule has 1 amide bonds. The topological polar surface area (TPSA) is 136 Å². The summed E-state index contributed by atoms with van der Waals surface area (Å²) >= 11 is 18.2. The Bertz CT molecular complexity index is 1180. The number of Topliss-reactive ketones (excluding diaryl/α,β-unsaturated/α-hetero) is 1. The van der Waals surface area contributed by atoms with Crippen LogP contribution in [-0.2, 0) is 33.9 Å². The Kier molecular flexibility index (Phi) is 8.80. The van der Waals surface area contributed by atoms with E-state index in [0.717, 1.165) is 4.80 Å². The van der Waals surface area contributed by atoms with Gasteiger partial charge in [-0.3, -0.25) is 9.59 Å². The van der Waals surface area contributed by atoms with Crippen molar-refractivity contribution in [3.05, 3.63) is 74.5 Å². The van der Waals surface area contributed by atoms with Crippen molar-refractivity contribution < 1.29 is 24.2 Å². The van der Waals surface area contributed by atoms with Gasteiger partial charge in [0.05, 0.1) is 6.42 Å². The summed E-state index contributed by atoms with van der Waals surface area (Å²) in [5.41, 5.74) is 1.23. The molecular weight excluding hydrogens is 509 g/mol. The summed E-state index contributed by atoms with van der Waals surface area (Å²) < 4.78 is 5.06. The number of amides is 1. The van der Waals surface area contributed by atoms with E-state index in [1.165, 1.54) is 0 Å². The molecule has 1 aromatic heterocycles. The molecule has 3 rings (SSSR count). The molecule has 0 aliphatic carbocycles. The molecule has 1 atom stereocenters. The maximum atomic E-state index is 12.7. The number of ketones is 1. The maximum absolute atomic E-state index is 12.7. The minimum Gasteiger partial charge on any atom is -0.481 e. The molecule has 3 aromatic rings. The van der Waals surface area contributed by atoms with Crippen LogP contribution in [-0.4, -0.2) is 49.2 Å². The number of rotatable bonds is 10. The Hall–Kier alpha value is -3.21. The number of tetrazole rings is 1. The van der Waals surface area contributed by atoms with Gasteiger partial charge < -0.3 is 15.2 Å². The number of hydrogen-bond donors (Lipinski definition) is 2. The number of hydrogen-bond acceptors (Lipinski definition) is 7. The molecule has 0 fully saturated rings. The normalized spacial score (nSPS) is 11.6. The van der Waals surface area contributed by atoms with E-state index in [4.69, 9.17) is 44.6 Å². The molecule has 0 radical (unpaired) electrons. The fourth-order valence-electron chi connectivity index (χ4n) is 2.90. The van der Waals surface area contributed by atoms with Crippen LogP contribution in [0.1, 0.15) is 23.4 Å². The minimum absolute atomic E-state index is 0.112. The zero-order valence-electron chi connectivity index (χ0n) is 17.5. The number of ether oxygens (including phenoxy) is 1. The number of carboxylic acid groups (broad SMARTS) is 1. The minimum atomic E-state index is -1.36. The van der Waals surface area contributed by atoms with Gasteiger partial charge in [-0.25, -0.2) is 4.79 Å². The SMILES string of the molecule is O=C(O)CC(NC(=O)OCc1cccc(Cl)c1)C(=O)Cn1nnc(Cc2c(Cl)cccc2Cl)n1. The Morgan fingerprint density at radius 2 is 1.79 bits per heavy atom. The lowest BCUT2D eigenvalue weighted by Gasteiger charge is -2.15. The first kappa shape index (κ1) is 25.4. The van der Waals surface area contributed by atoms with Crippen molar-refractivity contribution in [3.63, 3.8) is 0 Å². The lowest BCUT2D eigenvalue weighted by molar-refractivity contribution is -0.139. The Balaban J connectivity index is 1.60. The van der Waals surface area contributed by atoms with Gasteiger partial charge in [0.2, 0.25) is 0 Å². The molecule has 0 aliphatic heterocycles. The highest BCUT2D eigenvalue weighted by atomic mass is 35.5. The molecule has 0 saturated heterocycles. The van der Waals surface area contributed by atoms with Crippen LogP contribution in [0.3, 0.4) is 0 Å². The van der Waals surface area contributed by atoms with Crippen LogP contribution >= 0.6 is 34.8 Å². The second-order valence-electron chi connectivity index (χ2n) is 7.08. The van der Waals surface area contributed by atoms with E-state index in [-0.39, 0.29) is 18.9 Å². The summed E-state index contributed by atoms with van der Waals surface area (Å²) in [6, 6.07) is 10.3. The molecule has 10 nitrogen and oxygen atoms in total. The fraction of sp³-hybridized carbons (Fsp3) is 0.238. The van der Waals surface area contributed by atoms with Crippen molar-refractivity contribution in [2.45, 2.75) is 32.0 Å². The number of alkyl carbamates (subject to hydrolysis) is 1. The third kappa shape index (κ3) is 7.41. The molecule has 13 heteroatoms. The third-order valence-corrected chi connectivity index (χ3v) is 5.45. The lowest BCUT2D eigenvalue weighted by Crippen LogP contribution is -2.44. The first-order chi connectivity index (χ1) is 16.2. The molecule has 34 heavy (non-hydrogen) atoms. The summed E-state index contributed by atoms with van der Waals surface area (Å²) in [6.07, 6.45) is -1.43. The second-order valence-corrected chi connectivity index (χ2v) is 8.33. The monoisotopic (exact) mass is 525 g/mol. The van der Waals surface area contributed by atoms with Gasteiger partial charge in [-0.2, -0.15) is 4.80 Å². The predicted molar refractivity (Wildman–Crippen MR) is 123 cm³/mol. The molecule has 178 valence electrons. The van der Waals surface area contributed by atoms with E-state index < -0.39 is 36.9 Å². The van der Waals surface area contributed by atoms with Crippen LogP contribution in [0.15, 0.2) is 42.5 Å². The molecule has 0 spiro atoms. The second kappa shape index (κ2) is 11.8. The summed E-state index contributed by atoms with van der Waals surface area (Å²) in [4.78, 5) is 37.0. The van der Waals surface area contributed by atoms with Crippen molar-refractivity contribution in [1.29, 1.82) is 0 Å². The van der Waals surface area contributed by atoms with Crippen molar-refractivity contribution >= 4 is 52.6 Å². The van der Waals surface area contributed by atoms with Gasteiger partial charge in [0.25, 0.3) is 0 Å². The van der Waals surface area contributed by atoms with Gasteiger partial charge in [-0.15, -0.1) is 10.2 Å². The van der Waals surface area contributed by atoms with Gasteiger partial charge in [0.15, 0.2) is 11.6 Å². The standard InChI is InChI=1S/C21H18Cl3N5O5/c22-13-4-1-3-12(7-13)11-34-21(33)25-17(9-20(31)32)18(30)10-29-27-19(26-28-29)8-14-15(23)5-2-6-16(14)24/h1-7,17H,8-11H2,(H,25,33)(H,31,32). The number of nitrogens with one attached hydrogen (secondary N) is 1. The van der Waals surface area contributed by atoms with E-state index >= 15 is 0 Å². The number of nitrogens with zero attached hydrogens (tertiary/aromatic N) is 4. The number of carbonyl (C=O) groups excluding carboxylic acids is 2. The van der Waals surface area contributed by atoms with Gasteiger partial charge >= 0.3 is 12.1 Å². The molecule has 2 aromatic carbocycles. The van der Waals surface area contributed by atoms with E-state index in [1.807, 2.05) is 0 Å². The van der Waals surface area contributed by atoms with Gasteiger partial charge in [0.1, 0.15) is 19.2 Å². The van der Waals surface area contributed by atoms with Crippen LogP contribution in [0, 0.1) is 0 Å². The number of aliphatic carboxylic acids is 1. The highest BCUT2D eigenvalue weighted by molar-refractivity contribution is 6.36. The quantitative estimate of drug-likeness (QED) is 0.409. The van der Waals surface area contributed by atoms with Crippen molar-refractivity contribution in [2.24, 2.45) is 0 Å². The van der Waals surface area contributed by atoms with Gasteiger partial charge in [-0.1, -0.05) is 53.0 Å². The lowest BCUT2D eigenvalue weighted by atomic mass is 10.1. The van der Waals surface area contributed by atoms with E-state index in [2.05, 4.69) is 20.7 Å². The number of carboxylic acids is 1. The summed E-state index contributed by atoms with van der Waals surface area (Å²) in [5.74, 6) is -1.68. The van der Waals surface area contributed by atoms with E-state index in [9.17, 15) is 14.4 Å². The number of benzene rings is 2. The number of aromatic nitrogens is 4. The smallest absolute Gasteiger partial charge is 0.408 e. The molecule has 0 saturated carbocycles. The summed E-state index contributed by atoms with van der Waals surface area (Å²) in [5, 5.41) is 24.5. The first-order valence-corrected chi connectivity index (χ1v) is 11.0. The zero-order chi connectivity index (χ0) is 24.7. The van der Waals surface area contributed by atoms with Gasteiger partial charge in [-0.05, 0) is 40.6 Å². The summed E-state index contributed by atoms with van der Waals surface area (Å²) in [6.45, 7) is -0.533. The number of carbonyl (C=O) groups is 3. The first-order valence-electron chi connectivity index (χ1n) is 9.83. The van der Waals surface area contributed by atoms with Crippen molar-refractivity contribution in [3.8, 4) is 0 Å². The van der Waals surface area contributed by atoms with E-state index in [1.54, 1.807) is 42.5 Å². The third-order valence-electron chi connectivity index (χ3n) is 4.51. The molecular formula is C21H18Cl3N5O5. The zero-order valence-corrected chi connectivity index (χ0v) is 19.7. The molecule has 0 aliphatic rings. The predicted octanol–water partition coefficient (Wildman–Crippen LogP) is 3.56. The largest absolute Gasteiger partial charge is 0.481 e. The highest BCUT2D eigenvalue weighted by Crippen LogP contribution is 2.25. The molecule has 0 bridgehead atoms.